The van der Waals surface area contributed by atoms with Gasteiger partial charge in [-0.15, -0.1) is 0 Å². The van der Waals surface area contributed by atoms with E-state index in [0.717, 1.165) is 17.6 Å². The first-order valence-corrected chi connectivity index (χ1v) is 6.92. The van der Waals surface area contributed by atoms with Crippen LogP contribution < -0.4 is 0 Å². The molecule has 21 heavy (non-hydrogen) atoms. The highest BCUT2D eigenvalue weighted by atomic mass is 19.1. The van der Waals surface area contributed by atoms with Gasteiger partial charge in [0.05, 0.1) is 17.5 Å². The third kappa shape index (κ3) is 2.57. The fourth-order valence-corrected chi connectivity index (χ4v) is 2.52. The predicted octanol–water partition coefficient (Wildman–Crippen LogP) is 3.62. The maximum Gasteiger partial charge on any atom is 0.170 e. The maximum absolute atomic E-state index is 13.2. The van der Waals surface area contributed by atoms with Crippen LogP contribution in [0.2, 0.25) is 0 Å². The fourth-order valence-electron chi connectivity index (χ4n) is 2.52. The molecule has 2 aromatic carbocycles. The number of benzene rings is 2. The number of fused-ring (bicyclic) bond motifs is 1. The number of ketones is 1. The van der Waals surface area contributed by atoms with Crippen LogP contribution in [0.1, 0.15) is 23.1 Å². The Balaban J connectivity index is 1.96. The van der Waals surface area contributed by atoms with Crippen LogP contribution in [-0.4, -0.2) is 15.3 Å². The second kappa shape index (κ2) is 5.48. The molecular formula is C17H15FN2O. The average Bonchev–Trinajstić information content (AvgIpc) is 2.84. The summed E-state index contributed by atoms with van der Waals surface area (Å²) in [5, 5.41) is 0. The molecule has 0 aliphatic carbocycles. The van der Waals surface area contributed by atoms with E-state index >= 15 is 0 Å². The Morgan fingerprint density at radius 2 is 2.00 bits per heavy atom. The number of hydrogen-bond acceptors (Lipinski definition) is 2. The number of aromatic nitrogens is 2. The van der Waals surface area contributed by atoms with Gasteiger partial charge in [0.1, 0.15) is 11.6 Å². The Morgan fingerprint density at radius 3 is 2.76 bits per heavy atom. The molecule has 0 saturated carbocycles. The zero-order valence-electron chi connectivity index (χ0n) is 11.7. The Morgan fingerprint density at radius 1 is 1.19 bits per heavy atom. The summed E-state index contributed by atoms with van der Waals surface area (Å²) in [4.78, 5) is 16.8. The lowest BCUT2D eigenvalue weighted by Crippen LogP contribution is -2.10. The van der Waals surface area contributed by atoms with E-state index in [2.05, 4.69) is 4.98 Å². The molecule has 1 heterocycles. The number of para-hydroxylation sites is 2. The summed E-state index contributed by atoms with van der Waals surface area (Å²) in [6.45, 7) is 2.76. The maximum atomic E-state index is 13.2. The van der Waals surface area contributed by atoms with Crippen LogP contribution in [0.4, 0.5) is 4.39 Å². The minimum atomic E-state index is -0.398. The SMILES string of the molecule is CCn1c(CC(=O)c2cccc(F)c2)nc2ccccc21. The molecule has 0 bridgehead atoms. The molecule has 0 aliphatic heterocycles. The summed E-state index contributed by atoms with van der Waals surface area (Å²) >= 11 is 0. The van der Waals surface area contributed by atoms with Crippen molar-refractivity contribution in [1.82, 2.24) is 9.55 Å². The van der Waals surface area contributed by atoms with E-state index in [-0.39, 0.29) is 12.2 Å². The zero-order valence-corrected chi connectivity index (χ0v) is 11.7. The monoisotopic (exact) mass is 282 g/mol. The Bertz CT molecular complexity index is 807. The molecule has 0 unspecified atom stereocenters. The average molecular weight is 282 g/mol. The molecule has 3 nitrogen and oxygen atoms in total. The van der Waals surface area contributed by atoms with Crippen molar-refractivity contribution in [2.75, 3.05) is 0 Å². The van der Waals surface area contributed by atoms with Crippen molar-refractivity contribution in [3.63, 3.8) is 0 Å². The normalized spacial score (nSPS) is 11.0. The number of halogens is 1. The third-order valence-electron chi connectivity index (χ3n) is 3.52. The third-order valence-corrected chi connectivity index (χ3v) is 3.52. The Hall–Kier alpha value is -2.49. The van der Waals surface area contributed by atoms with E-state index in [4.69, 9.17) is 0 Å². The molecule has 4 heteroatoms. The summed E-state index contributed by atoms with van der Waals surface area (Å²) in [5.74, 6) is 0.192. The Labute approximate surface area is 122 Å². The molecule has 3 aromatic rings. The van der Waals surface area contributed by atoms with Gasteiger partial charge in [-0.05, 0) is 31.2 Å². The molecule has 0 saturated heterocycles. The van der Waals surface area contributed by atoms with Crippen LogP contribution in [0.5, 0.6) is 0 Å². The van der Waals surface area contributed by atoms with Gasteiger partial charge in [-0.25, -0.2) is 9.37 Å². The smallest absolute Gasteiger partial charge is 0.170 e. The van der Waals surface area contributed by atoms with E-state index in [9.17, 15) is 9.18 Å². The molecule has 0 atom stereocenters. The second-order valence-corrected chi connectivity index (χ2v) is 4.87. The lowest BCUT2D eigenvalue weighted by atomic mass is 10.1. The lowest BCUT2D eigenvalue weighted by molar-refractivity contribution is 0.0989. The summed E-state index contributed by atoms with van der Waals surface area (Å²) in [6.07, 6.45) is 0.173. The van der Waals surface area contributed by atoms with Gasteiger partial charge in [0.25, 0.3) is 0 Å². The minimum Gasteiger partial charge on any atom is -0.328 e. The van der Waals surface area contributed by atoms with Gasteiger partial charge in [0.2, 0.25) is 0 Å². The summed E-state index contributed by atoms with van der Waals surface area (Å²) in [6, 6.07) is 13.6. The standard InChI is InChI=1S/C17H15FN2O/c1-2-20-15-9-4-3-8-14(15)19-17(20)11-16(21)12-6-5-7-13(18)10-12/h3-10H,2,11H2,1H3. The van der Waals surface area contributed by atoms with Gasteiger partial charge >= 0.3 is 0 Å². The number of hydrogen-bond donors (Lipinski definition) is 0. The number of imidazole rings is 1. The van der Waals surface area contributed by atoms with E-state index < -0.39 is 5.82 Å². The fraction of sp³-hybridized carbons (Fsp3) is 0.176. The summed E-state index contributed by atoms with van der Waals surface area (Å²) < 4.78 is 15.2. The molecule has 0 radical (unpaired) electrons. The number of aryl methyl sites for hydroxylation is 1. The molecule has 0 N–H and O–H groups in total. The lowest BCUT2D eigenvalue weighted by Gasteiger charge is -2.05. The zero-order chi connectivity index (χ0) is 14.8. The van der Waals surface area contributed by atoms with Crippen molar-refractivity contribution in [1.29, 1.82) is 0 Å². The van der Waals surface area contributed by atoms with Crippen molar-refractivity contribution in [3.8, 4) is 0 Å². The first-order valence-electron chi connectivity index (χ1n) is 6.92. The van der Waals surface area contributed by atoms with Gasteiger partial charge in [-0.3, -0.25) is 4.79 Å². The van der Waals surface area contributed by atoms with Crippen molar-refractivity contribution in [2.24, 2.45) is 0 Å². The molecule has 106 valence electrons. The van der Waals surface area contributed by atoms with Gasteiger partial charge < -0.3 is 4.57 Å². The topological polar surface area (TPSA) is 34.9 Å². The van der Waals surface area contributed by atoms with Crippen molar-refractivity contribution >= 4 is 16.8 Å². The predicted molar refractivity (Wildman–Crippen MR) is 79.8 cm³/mol. The van der Waals surface area contributed by atoms with Crippen LogP contribution >= 0.6 is 0 Å². The molecular weight excluding hydrogens is 267 g/mol. The van der Waals surface area contributed by atoms with Crippen LogP contribution in [0, 0.1) is 5.82 Å². The van der Waals surface area contributed by atoms with Crippen LogP contribution in [0.3, 0.4) is 0 Å². The quantitative estimate of drug-likeness (QED) is 0.685. The first-order chi connectivity index (χ1) is 10.2. The van der Waals surface area contributed by atoms with Crippen LogP contribution in [0.25, 0.3) is 11.0 Å². The van der Waals surface area contributed by atoms with Crippen molar-refractivity contribution in [2.45, 2.75) is 19.9 Å². The van der Waals surface area contributed by atoms with E-state index in [1.54, 1.807) is 12.1 Å². The molecule has 0 fully saturated rings. The Kier molecular flexibility index (Phi) is 3.52. The molecule has 1 aromatic heterocycles. The van der Waals surface area contributed by atoms with Crippen molar-refractivity contribution < 1.29 is 9.18 Å². The largest absolute Gasteiger partial charge is 0.328 e. The first kappa shape index (κ1) is 13.5. The molecule has 0 aliphatic rings. The highest BCUT2D eigenvalue weighted by Crippen LogP contribution is 2.17. The number of carbonyl (C=O) groups excluding carboxylic acids is 1. The number of carbonyl (C=O) groups is 1. The van der Waals surface area contributed by atoms with Crippen LogP contribution in [0.15, 0.2) is 48.5 Å². The van der Waals surface area contributed by atoms with Crippen molar-refractivity contribution in [3.05, 3.63) is 65.7 Å². The van der Waals surface area contributed by atoms with E-state index in [1.807, 2.05) is 35.8 Å². The van der Waals surface area contributed by atoms with Gasteiger partial charge in [0, 0.05) is 12.1 Å². The van der Waals surface area contributed by atoms with Gasteiger partial charge in [0.15, 0.2) is 5.78 Å². The van der Waals surface area contributed by atoms with Gasteiger partial charge in [-0.2, -0.15) is 0 Å². The van der Waals surface area contributed by atoms with E-state index in [1.165, 1.54) is 12.1 Å². The van der Waals surface area contributed by atoms with E-state index in [0.29, 0.717) is 11.4 Å². The number of nitrogens with zero attached hydrogens (tertiary/aromatic N) is 2. The molecule has 0 amide bonds. The van der Waals surface area contributed by atoms with Crippen LogP contribution in [-0.2, 0) is 13.0 Å². The number of rotatable bonds is 4. The molecule has 3 rings (SSSR count). The molecule has 0 spiro atoms. The second-order valence-electron chi connectivity index (χ2n) is 4.87. The number of Topliss-reactive ketones (excluding diaryl/α,β-unsaturated/α-hetero) is 1. The highest BCUT2D eigenvalue weighted by Gasteiger charge is 2.14. The summed E-state index contributed by atoms with van der Waals surface area (Å²) in [7, 11) is 0. The van der Waals surface area contributed by atoms with Gasteiger partial charge in [-0.1, -0.05) is 24.3 Å². The minimum absolute atomic E-state index is 0.125. The summed E-state index contributed by atoms with van der Waals surface area (Å²) in [5.41, 5.74) is 2.27. The highest BCUT2D eigenvalue weighted by molar-refractivity contribution is 5.97.